The minimum Gasteiger partial charge on any atom is -0.366 e. The van der Waals surface area contributed by atoms with Crippen molar-refractivity contribution in [3.05, 3.63) is 47.6 Å². The second-order valence-corrected chi connectivity index (χ2v) is 8.53. The fourth-order valence-electron chi connectivity index (χ4n) is 3.39. The number of anilines is 1. The minimum atomic E-state index is -0.219. The van der Waals surface area contributed by atoms with Gasteiger partial charge in [-0.05, 0) is 30.5 Å². The predicted octanol–water partition coefficient (Wildman–Crippen LogP) is 3.61. The van der Waals surface area contributed by atoms with Crippen LogP contribution < -0.4 is 4.90 Å². The van der Waals surface area contributed by atoms with Crippen LogP contribution in [-0.2, 0) is 11.3 Å². The number of hydrogen-bond donors (Lipinski definition) is 0. The van der Waals surface area contributed by atoms with Crippen LogP contribution in [-0.4, -0.2) is 57.5 Å². The van der Waals surface area contributed by atoms with E-state index in [-0.39, 0.29) is 11.7 Å². The topological polar surface area (TPSA) is 54.3 Å². The molecule has 2 aromatic heterocycles. The summed E-state index contributed by atoms with van der Waals surface area (Å²) in [4.78, 5) is 17.6. The van der Waals surface area contributed by atoms with Gasteiger partial charge in [0.05, 0.1) is 16.3 Å². The summed E-state index contributed by atoms with van der Waals surface area (Å²) >= 11 is 3.05. The third kappa shape index (κ3) is 4.30. The maximum Gasteiger partial charge on any atom is 0.233 e. The lowest BCUT2D eigenvalue weighted by atomic mass is 10.2. The van der Waals surface area contributed by atoms with Gasteiger partial charge in [-0.1, -0.05) is 30.0 Å². The van der Waals surface area contributed by atoms with Gasteiger partial charge in [0.15, 0.2) is 11.0 Å². The van der Waals surface area contributed by atoms with Gasteiger partial charge >= 0.3 is 0 Å². The lowest BCUT2D eigenvalue weighted by Crippen LogP contribution is -2.49. The van der Waals surface area contributed by atoms with E-state index < -0.39 is 0 Å². The normalized spacial score (nSPS) is 14.4. The number of piperazine rings is 1. The molecule has 9 heteroatoms. The van der Waals surface area contributed by atoms with Gasteiger partial charge in [0.1, 0.15) is 5.82 Å². The number of benzene rings is 1. The first-order chi connectivity index (χ1) is 14.2. The highest BCUT2D eigenvalue weighted by molar-refractivity contribution is 7.99. The van der Waals surface area contributed by atoms with Crippen molar-refractivity contribution in [3.63, 3.8) is 0 Å². The van der Waals surface area contributed by atoms with Crippen molar-refractivity contribution < 1.29 is 9.18 Å². The SMILES string of the molecule is CCn1c(SCC(=O)N2CCN(c3ccccc3F)CC2)nnc1-c1cccs1. The molecule has 0 spiro atoms. The number of thioether (sulfide) groups is 1. The molecule has 29 heavy (non-hydrogen) atoms. The Balaban J connectivity index is 1.34. The number of carbonyl (C=O) groups is 1. The van der Waals surface area contributed by atoms with Gasteiger partial charge in [-0.25, -0.2) is 4.39 Å². The van der Waals surface area contributed by atoms with E-state index in [9.17, 15) is 9.18 Å². The van der Waals surface area contributed by atoms with E-state index in [0.29, 0.717) is 37.6 Å². The van der Waals surface area contributed by atoms with Crippen molar-refractivity contribution in [3.8, 4) is 10.7 Å². The molecule has 0 radical (unpaired) electrons. The van der Waals surface area contributed by atoms with Crippen LogP contribution in [0, 0.1) is 5.82 Å². The maximum absolute atomic E-state index is 14.0. The Kier molecular flexibility index (Phi) is 6.15. The van der Waals surface area contributed by atoms with Crippen LogP contribution >= 0.6 is 23.1 Å². The highest BCUT2D eigenvalue weighted by Crippen LogP contribution is 2.27. The van der Waals surface area contributed by atoms with Gasteiger partial charge in [0.2, 0.25) is 5.91 Å². The summed E-state index contributed by atoms with van der Waals surface area (Å²) in [7, 11) is 0. The molecule has 3 heterocycles. The molecule has 0 saturated carbocycles. The van der Waals surface area contributed by atoms with Crippen molar-refractivity contribution in [2.24, 2.45) is 0 Å². The molecule has 1 aliphatic rings. The standard InChI is InChI=1S/C20H22FN5OS2/c1-2-26-19(17-8-5-13-28-17)22-23-20(26)29-14-18(27)25-11-9-24(10-12-25)16-7-4-3-6-15(16)21/h3-8,13H,2,9-12,14H2,1H3. The molecule has 1 aromatic carbocycles. The number of rotatable bonds is 6. The fourth-order valence-corrected chi connectivity index (χ4v) is 5.01. The predicted molar refractivity (Wildman–Crippen MR) is 115 cm³/mol. The van der Waals surface area contributed by atoms with Gasteiger partial charge in [-0.15, -0.1) is 21.5 Å². The molecule has 0 bridgehead atoms. The van der Waals surface area contributed by atoms with Gasteiger partial charge in [-0.3, -0.25) is 4.79 Å². The van der Waals surface area contributed by atoms with Crippen molar-refractivity contribution in [2.75, 3.05) is 36.8 Å². The van der Waals surface area contributed by atoms with E-state index in [2.05, 4.69) is 10.2 Å². The summed E-state index contributed by atoms with van der Waals surface area (Å²) in [6.45, 7) is 5.24. The molecule has 1 aliphatic heterocycles. The molecule has 1 saturated heterocycles. The second-order valence-electron chi connectivity index (χ2n) is 6.64. The quantitative estimate of drug-likeness (QED) is 0.558. The Morgan fingerprint density at radius 2 is 1.93 bits per heavy atom. The van der Waals surface area contributed by atoms with E-state index in [1.54, 1.807) is 23.5 Å². The molecule has 0 N–H and O–H groups in total. The first-order valence-corrected chi connectivity index (χ1v) is 11.4. The van der Waals surface area contributed by atoms with E-state index >= 15 is 0 Å². The Labute approximate surface area is 177 Å². The van der Waals surface area contributed by atoms with Crippen LogP contribution in [0.4, 0.5) is 10.1 Å². The minimum absolute atomic E-state index is 0.0755. The molecule has 1 fully saturated rings. The Bertz CT molecular complexity index is 967. The van der Waals surface area contributed by atoms with Crippen LogP contribution in [0.1, 0.15) is 6.92 Å². The summed E-state index contributed by atoms with van der Waals surface area (Å²) in [5, 5.41) is 11.4. The van der Waals surface area contributed by atoms with E-state index in [1.807, 2.05) is 44.9 Å². The number of hydrogen-bond acceptors (Lipinski definition) is 6. The number of thiophene rings is 1. The third-order valence-corrected chi connectivity index (χ3v) is 6.74. The number of aromatic nitrogens is 3. The first kappa shape index (κ1) is 19.9. The molecule has 0 aliphatic carbocycles. The average Bonchev–Trinajstić information content (AvgIpc) is 3.42. The van der Waals surface area contributed by atoms with Crippen LogP contribution in [0.2, 0.25) is 0 Å². The smallest absolute Gasteiger partial charge is 0.233 e. The summed E-state index contributed by atoms with van der Waals surface area (Å²) < 4.78 is 16.0. The lowest BCUT2D eigenvalue weighted by molar-refractivity contribution is -0.128. The Morgan fingerprint density at radius 3 is 2.62 bits per heavy atom. The number of halogens is 1. The van der Waals surface area contributed by atoms with Gasteiger partial charge in [0.25, 0.3) is 0 Å². The van der Waals surface area contributed by atoms with E-state index in [1.165, 1.54) is 17.8 Å². The van der Waals surface area contributed by atoms with Crippen LogP contribution in [0.5, 0.6) is 0 Å². The fraction of sp³-hybridized carbons (Fsp3) is 0.350. The summed E-state index contributed by atoms with van der Waals surface area (Å²) in [5.74, 6) is 1.02. The zero-order valence-corrected chi connectivity index (χ0v) is 17.8. The Morgan fingerprint density at radius 1 is 1.14 bits per heavy atom. The highest BCUT2D eigenvalue weighted by Gasteiger charge is 2.23. The zero-order chi connectivity index (χ0) is 20.2. The van der Waals surface area contributed by atoms with Crippen molar-refractivity contribution in [2.45, 2.75) is 18.6 Å². The molecular formula is C20H22FN5OS2. The monoisotopic (exact) mass is 431 g/mol. The van der Waals surface area contributed by atoms with E-state index in [4.69, 9.17) is 0 Å². The molecule has 4 rings (SSSR count). The molecule has 0 unspecified atom stereocenters. The lowest BCUT2D eigenvalue weighted by Gasteiger charge is -2.36. The molecule has 6 nitrogen and oxygen atoms in total. The second kappa shape index (κ2) is 8.96. The van der Waals surface area contributed by atoms with Crippen molar-refractivity contribution in [1.82, 2.24) is 19.7 Å². The summed E-state index contributed by atoms with van der Waals surface area (Å²) in [6.07, 6.45) is 0. The van der Waals surface area contributed by atoms with Gasteiger partial charge in [0, 0.05) is 32.7 Å². The van der Waals surface area contributed by atoms with Crippen LogP contribution in [0.15, 0.2) is 46.9 Å². The van der Waals surface area contributed by atoms with Crippen molar-refractivity contribution >= 4 is 34.7 Å². The number of amides is 1. The first-order valence-electron chi connectivity index (χ1n) is 9.54. The average molecular weight is 432 g/mol. The van der Waals surface area contributed by atoms with Crippen LogP contribution in [0.25, 0.3) is 10.7 Å². The van der Waals surface area contributed by atoms with E-state index in [0.717, 1.165) is 22.4 Å². The molecular weight excluding hydrogens is 409 g/mol. The van der Waals surface area contributed by atoms with Crippen LogP contribution in [0.3, 0.4) is 0 Å². The van der Waals surface area contributed by atoms with Gasteiger partial charge in [-0.2, -0.15) is 0 Å². The molecule has 3 aromatic rings. The molecule has 1 amide bonds. The third-order valence-electron chi connectivity index (χ3n) is 4.92. The number of para-hydroxylation sites is 1. The largest absolute Gasteiger partial charge is 0.366 e. The highest BCUT2D eigenvalue weighted by atomic mass is 32.2. The number of nitrogens with zero attached hydrogens (tertiary/aromatic N) is 5. The Hall–Kier alpha value is -2.39. The summed E-state index contributed by atoms with van der Waals surface area (Å²) in [5.41, 5.74) is 0.603. The maximum atomic E-state index is 14.0. The number of carbonyl (C=O) groups excluding carboxylic acids is 1. The molecule has 0 atom stereocenters. The zero-order valence-electron chi connectivity index (χ0n) is 16.1. The summed E-state index contributed by atoms with van der Waals surface area (Å²) in [6, 6.07) is 10.8. The van der Waals surface area contributed by atoms with Gasteiger partial charge < -0.3 is 14.4 Å². The molecule has 152 valence electrons. The van der Waals surface area contributed by atoms with Crippen molar-refractivity contribution in [1.29, 1.82) is 0 Å².